The topological polar surface area (TPSA) is 63.6 Å². The fourth-order valence-corrected chi connectivity index (χ4v) is 3.28. The molecule has 0 fully saturated rings. The molecule has 0 spiro atoms. The normalized spacial score (nSPS) is 16.0. The van der Waals surface area contributed by atoms with Crippen LogP contribution in [-0.2, 0) is 16.1 Å². The molecule has 0 radical (unpaired) electrons. The molecule has 26 heavy (non-hydrogen) atoms. The number of rotatable bonds is 3. The number of fused-ring (bicyclic) bond motifs is 2. The molecule has 2 amide bonds. The summed E-state index contributed by atoms with van der Waals surface area (Å²) in [7, 11) is 1.56. The third-order valence-electron chi connectivity index (χ3n) is 4.60. The molecule has 1 N–H and O–H groups in total. The lowest BCUT2D eigenvalue weighted by atomic mass is 10.1. The molecule has 2 aromatic carbocycles. The zero-order valence-electron chi connectivity index (χ0n) is 14.4. The Kier molecular flexibility index (Phi) is 4.08. The van der Waals surface area contributed by atoms with Crippen LogP contribution in [0.4, 0.5) is 5.69 Å². The van der Waals surface area contributed by atoms with Gasteiger partial charge in [-0.25, -0.2) is 0 Å². The van der Waals surface area contributed by atoms with Gasteiger partial charge < -0.3 is 19.5 Å². The highest BCUT2D eigenvalue weighted by atomic mass is 16.5. The number of carbonyl (C=O) groups is 2. The number of benzene rings is 2. The lowest BCUT2D eigenvalue weighted by molar-refractivity contribution is -0.128. The van der Waals surface area contributed by atoms with Gasteiger partial charge in [-0.1, -0.05) is 30.3 Å². The summed E-state index contributed by atoms with van der Waals surface area (Å²) in [5.41, 5.74) is 1.69. The molecule has 4 rings (SSSR count). The first-order valence-corrected chi connectivity index (χ1v) is 8.49. The zero-order valence-corrected chi connectivity index (χ0v) is 14.4. The number of likely N-dealkylation sites (N-methyl/N-ethyl adjacent to an activating group) is 1. The van der Waals surface area contributed by atoms with E-state index < -0.39 is 6.10 Å². The summed E-state index contributed by atoms with van der Waals surface area (Å²) in [5.74, 6) is 0.206. The first-order chi connectivity index (χ1) is 12.7. The van der Waals surface area contributed by atoms with Crippen LogP contribution in [0.25, 0.3) is 10.9 Å². The van der Waals surface area contributed by atoms with Crippen LogP contribution in [0.2, 0.25) is 0 Å². The number of amides is 2. The van der Waals surface area contributed by atoms with Crippen molar-refractivity contribution in [3.8, 4) is 5.75 Å². The summed E-state index contributed by atoms with van der Waals surface area (Å²) in [6, 6.07) is 17.2. The van der Waals surface area contributed by atoms with E-state index in [1.54, 1.807) is 18.0 Å². The Labute approximate surface area is 151 Å². The van der Waals surface area contributed by atoms with Gasteiger partial charge in [0.15, 0.2) is 6.10 Å². The number of hydrogen-bond acceptors (Lipinski definition) is 3. The molecule has 2 heterocycles. The first-order valence-electron chi connectivity index (χ1n) is 8.49. The van der Waals surface area contributed by atoms with Crippen LogP contribution in [0, 0.1) is 0 Å². The maximum Gasteiger partial charge on any atom is 0.262 e. The van der Waals surface area contributed by atoms with Gasteiger partial charge in [0.25, 0.3) is 5.91 Å². The van der Waals surface area contributed by atoms with Crippen molar-refractivity contribution in [3.63, 3.8) is 0 Å². The van der Waals surface area contributed by atoms with Gasteiger partial charge in [0.05, 0.1) is 12.2 Å². The summed E-state index contributed by atoms with van der Waals surface area (Å²) < 4.78 is 7.68. The standard InChI is InChI=1S/C20H19N3O3/c1-21-20(25)18-12-23(16-8-4-5-9-17(16)26-18)19(24)13-22-11-10-14-6-2-3-7-15(14)22/h2-11,18H,12-13H2,1H3,(H,21,25). The summed E-state index contributed by atoms with van der Waals surface area (Å²) >= 11 is 0. The summed E-state index contributed by atoms with van der Waals surface area (Å²) in [6.45, 7) is 0.386. The second-order valence-corrected chi connectivity index (χ2v) is 6.20. The van der Waals surface area contributed by atoms with Crippen molar-refractivity contribution in [1.29, 1.82) is 0 Å². The van der Waals surface area contributed by atoms with Crippen molar-refractivity contribution >= 4 is 28.4 Å². The lowest BCUT2D eigenvalue weighted by Crippen LogP contribution is -2.50. The highest BCUT2D eigenvalue weighted by molar-refractivity contribution is 5.98. The van der Waals surface area contributed by atoms with Gasteiger partial charge in [-0.3, -0.25) is 9.59 Å². The van der Waals surface area contributed by atoms with E-state index in [9.17, 15) is 9.59 Å². The van der Waals surface area contributed by atoms with E-state index in [1.165, 1.54) is 0 Å². The molecule has 1 aromatic heterocycles. The van der Waals surface area contributed by atoms with Crippen molar-refractivity contribution in [2.75, 3.05) is 18.5 Å². The first kappa shape index (κ1) is 16.2. The highest BCUT2D eigenvalue weighted by Crippen LogP contribution is 2.33. The summed E-state index contributed by atoms with van der Waals surface area (Å²) in [5, 5.41) is 3.68. The molecule has 1 aliphatic heterocycles. The molecule has 1 aliphatic rings. The lowest BCUT2D eigenvalue weighted by Gasteiger charge is -2.34. The molecule has 1 atom stereocenters. The van der Waals surface area contributed by atoms with E-state index in [0.29, 0.717) is 11.4 Å². The molecule has 1 unspecified atom stereocenters. The van der Waals surface area contributed by atoms with Gasteiger partial charge in [0.1, 0.15) is 12.3 Å². The molecule has 0 bridgehead atoms. The molecule has 132 valence electrons. The molecule has 6 nitrogen and oxygen atoms in total. The van der Waals surface area contributed by atoms with E-state index in [1.807, 2.05) is 59.3 Å². The zero-order chi connectivity index (χ0) is 18.1. The number of anilines is 1. The minimum Gasteiger partial charge on any atom is -0.477 e. The average Bonchev–Trinajstić information content (AvgIpc) is 3.09. The van der Waals surface area contributed by atoms with Crippen LogP contribution >= 0.6 is 0 Å². The number of para-hydroxylation sites is 3. The van der Waals surface area contributed by atoms with E-state index in [-0.39, 0.29) is 24.9 Å². The predicted molar refractivity (Wildman–Crippen MR) is 99.2 cm³/mol. The molecule has 0 saturated carbocycles. The number of ether oxygens (including phenoxy) is 1. The highest BCUT2D eigenvalue weighted by Gasteiger charge is 2.33. The molecule has 0 saturated heterocycles. The van der Waals surface area contributed by atoms with Crippen molar-refractivity contribution < 1.29 is 14.3 Å². The number of aromatic nitrogens is 1. The fourth-order valence-electron chi connectivity index (χ4n) is 3.28. The van der Waals surface area contributed by atoms with Crippen molar-refractivity contribution in [2.24, 2.45) is 0 Å². The Morgan fingerprint density at radius 1 is 1.12 bits per heavy atom. The minimum atomic E-state index is -0.722. The SMILES string of the molecule is CNC(=O)C1CN(C(=O)Cn2ccc3ccccc32)c2ccccc2O1. The summed E-state index contributed by atoms with van der Waals surface area (Å²) in [4.78, 5) is 26.7. The number of nitrogens with zero attached hydrogens (tertiary/aromatic N) is 2. The largest absolute Gasteiger partial charge is 0.477 e. The molecule has 0 aliphatic carbocycles. The van der Waals surface area contributed by atoms with E-state index in [2.05, 4.69) is 5.32 Å². The maximum absolute atomic E-state index is 13.0. The quantitative estimate of drug-likeness (QED) is 0.788. The van der Waals surface area contributed by atoms with Crippen molar-refractivity contribution in [1.82, 2.24) is 9.88 Å². The van der Waals surface area contributed by atoms with E-state index >= 15 is 0 Å². The number of nitrogens with one attached hydrogen (secondary N) is 1. The van der Waals surface area contributed by atoms with Crippen LogP contribution in [0.3, 0.4) is 0 Å². The second-order valence-electron chi connectivity index (χ2n) is 6.20. The Morgan fingerprint density at radius 3 is 2.73 bits per heavy atom. The van der Waals surface area contributed by atoms with Crippen molar-refractivity contribution in [3.05, 3.63) is 60.8 Å². The van der Waals surface area contributed by atoms with Gasteiger partial charge in [-0.05, 0) is 29.7 Å². The van der Waals surface area contributed by atoms with Gasteiger partial charge in [-0.15, -0.1) is 0 Å². The smallest absolute Gasteiger partial charge is 0.262 e. The van der Waals surface area contributed by atoms with Gasteiger partial charge in [0.2, 0.25) is 5.91 Å². The maximum atomic E-state index is 13.0. The molecule has 3 aromatic rings. The Balaban J connectivity index is 1.64. The van der Waals surface area contributed by atoms with Crippen LogP contribution in [-0.4, -0.2) is 36.1 Å². The van der Waals surface area contributed by atoms with Crippen LogP contribution in [0.15, 0.2) is 60.8 Å². The van der Waals surface area contributed by atoms with Gasteiger partial charge in [-0.2, -0.15) is 0 Å². The van der Waals surface area contributed by atoms with Crippen LogP contribution in [0.1, 0.15) is 0 Å². The van der Waals surface area contributed by atoms with E-state index in [0.717, 1.165) is 10.9 Å². The minimum absolute atomic E-state index is 0.0870. The average molecular weight is 349 g/mol. The van der Waals surface area contributed by atoms with Crippen LogP contribution < -0.4 is 15.0 Å². The second kappa shape index (κ2) is 6.55. The fraction of sp³-hybridized carbons (Fsp3) is 0.200. The third-order valence-corrected chi connectivity index (χ3v) is 4.60. The Bertz CT molecular complexity index is 979. The molecular formula is C20H19N3O3. The molecular weight excluding hydrogens is 330 g/mol. The Morgan fingerprint density at radius 2 is 1.88 bits per heavy atom. The monoisotopic (exact) mass is 349 g/mol. The van der Waals surface area contributed by atoms with Gasteiger partial charge >= 0.3 is 0 Å². The summed E-state index contributed by atoms with van der Waals surface area (Å²) in [6.07, 6.45) is 1.19. The number of hydrogen-bond donors (Lipinski definition) is 1. The Hall–Kier alpha value is -3.28. The van der Waals surface area contributed by atoms with E-state index in [4.69, 9.17) is 4.74 Å². The van der Waals surface area contributed by atoms with Crippen LogP contribution in [0.5, 0.6) is 5.75 Å². The van der Waals surface area contributed by atoms with Gasteiger partial charge in [0, 0.05) is 18.8 Å². The molecule has 6 heteroatoms. The third kappa shape index (κ3) is 2.79. The number of carbonyl (C=O) groups excluding carboxylic acids is 2. The predicted octanol–water partition coefficient (Wildman–Crippen LogP) is 2.18. The van der Waals surface area contributed by atoms with Crippen molar-refractivity contribution in [2.45, 2.75) is 12.6 Å².